The lowest BCUT2D eigenvalue weighted by Gasteiger charge is -2.12. The summed E-state index contributed by atoms with van der Waals surface area (Å²) < 4.78 is 5.86. The molecule has 26 heavy (non-hydrogen) atoms. The monoisotopic (exact) mass is 365 g/mol. The molecule has 1 aliphatic carbocycles. The number of fused-ring (bicyclic) bond motifs is 1. The molecule has 130 valence electrons. The Hall–Kier alpha value is -3.04. The molecule has 3 heterocycles. The molecule has 3 aromatic heterocycles. The molecule has 0 atom stereocenters. The van der Waals surface area contributed by atoms with E-state index in [2.05, 4.69) is 26.0 Å². The van der Waals surface area contributed by atoms with Crippen LogP contribution in [0.4, 0.5) is 0 Å². The van der Waals surface area contributed by atoms with Crippen molar-refractivity contribution >= 4 is 12.4 Å². The summed E-state index contributed by atoms with van der Waals surface area (Å²) in [4.78, 5) is 17.1. The third kappa shape index (κ3) is 3.63. The zero-order valence-electron chi connectivity index (χ0n) is 13.9. The summed E-state index contributed by atoms with van der Waals surface area (Å²) in [5.74, 6) is 0.575. The van der Waals surface area contributed by atoms with Crippen molar-refractivity contribution in [2.75, 3.05) is 0 Å². The smallest absolute Gasteiger partial charge is 0.214 e. The van der Waals surface area contributed by atoms with Gasteiger partial charge in [-0.3, -0.25) is 4.98 Å². The average molecular weight is 366 g/mol. The number of aryl methyl sites for hydroxylation is 1. The number of aromatic nitrogens is 4. The average Bonchev–Trinajstić information content (AvgIpc) is 3.15. The topological polar surface area (TPSA) is 84.6 Å². The molecule has 0 radical (unpaired) electrons. The summed E-state index contributed by atoms with van der Waals surface area (Å²) in [6.07, 6.45) is 9.77. The van der Waals surface area contributed by atoms with Crippen LogP contribution in [0.25, 0.3) is 11.1 Å². The number of hydrogen-bond donors (Lipinski definition) is 0. The minimum absolute atomic E-state index is 0. The number of nitriles is 1. The normalized spacial score (nSPS) is 12.0. The Labute approximate surface area is 157 Å². The summed E-state index contributed by atoms with van der Waals surface area (Å²) in [6.45, 7) is 0.308. The molecule has 0 amide bonds. The molecule has 1 aliphatic rings. The van der Waals surface area contributed by atoms with Crippen molar-refractivity contribution in [3.05, 3.63) is 65.6 Å². The molecule has 0 bridgehead atoms. The van der Waals surface area contributed by atoms with Crippen LogP contribution >= 0.6 is 12.4 Å². The number of halogens is 1. The molecule has 0 unspecified atom stereocenters. The zero-order valence-corrected chi connectivity index (χ0v) is 14.7. The summed E-state index contributed by atoms with van der Waals surface area (Å²) in [7, 11) is 0. The fourth-order valence-corrected chi connectivity index (χ4v) is 3.01. The van der Waals surface area contributed by atoms with Crippen LogP contribution in [0.5, 0.6) is 5.88 Å². The summed E-state index contributed by atoms with van der Waals surface area (Å²) in [6, 6.07) is 7.53. The SMILES string of the molecule is Cl.N#Cc1ccc(COc2cc(-c3cncnc3)c3c(n2)CCC3)nc1. The van der Waals surface area contributed by atoms with Gasteiger partial charge in [-0.05, 0) is 42.5 Å². The molecular formula is C19H16ClN5O. The highest BCUT2D eigenvalue weighted by molar-refractivity contribution is 5.85. The fourth-order valence-electron chi connectivity index (χ4n) is 3.01. The molecule has 7 heteroatoms. The van der Waals surface area contributed by atoms with Crippen LogP contribution in [0.1, 0.15) is 28.9 Å². The lowest BCUT2D eigenvalue weighted by atomic mass is 10.0. The summed E-state index contributed by atoms with van der Waals surface area (Å²) >= 11 is 0. The van der Waals surface area contributed by atoms with Crippen LogP contribution in [-0.2, 0) is 19.4 Å². The molecule has 0 saturated heterocycles. The van der Waals surface area contributed by atoms with Crippen LogP contribution in [-0.4, -0.2) is 19.9 Å². The first-order chi connectivity index (χ1) is 12.3. The first-order valence-electron chi connectivity index (χ1n) is 8.09. The van der Waals surface area contributed by atoms with Gasteiger partial charge in [-0.2, -0.15) is 5.26 Å². The lowest BCUT2D eigenvalue weighted by molar-refractivity contribution is 0.288. The van der Waals surface area contributed by atoms with Crippen LogP contribution in [0.3, 0.4) is 0 Å². The third-order valence-electron chi connectivity index (χ3n) is 4.22. The number of rotatable bonds is 4. The van der Waals surface area contributed by atoms with Crippen molar-refractivity contribution in [1.29, 1.82) is 5.26 Å². The van der Waals surface area contributed by atoms with Gasteiger partial charge in [-0.15, -0.1) is 12.4 Å². The standard InChI is InChI=1S/C19H15N5O.ClH/c20-7-13-4-5-15(23-8-13)11-25-19-6-17(14-9-21-12-22-10-14)16-2-1-3-18(16)24-19;/h4-6,8-10,12H,1-3,11H2;1H. The molecular weight excluding hydrogens is 350 g/mol. The maximum atomic E-state index is 8.82. The maximum absolute atomic E-state index is 8.82. The molecule has 0 aliphatic heterocycles. The van der Waals surface area contributed by atoms with Crippen molar-refractivity contribution in [2.24, 2.45) is 0 Å². The predicted octanol–water partition coefficient (Wildman–Crippen LogP) is 3.29. The molecule has 0 aromatic carbocycles. The van der Waals surface area contributed by atoms with Gasteiger partial charge in [0.25, 0.3) is 0 Å². The molecule has 4 rings (SSSR count). The van der Waals surface area contributed by atoms with Gasteiger partial charge in [-0.1, -0.05) is 0 Å². The highest BCUT2D eigenvalue weighted by Gasteiger charge is 2.19. The van der Waals surface area contributed by atoms with Crippen LogP contribution in [0.15, 0.2) is 43.1 Å². The van der Waals surface area contributed by atoms with Crippen molar-refractivity contribution in [2.45, 2.75) is 25.9 Å². The molecule has 6 nitrogen and oxygen atoms in total. The minimum atomic E-state index is 0. The largest absolute Gasteiger partial charge is 0.471 e. The Morgan fingerprint density at radius 1 is 1.12 bits per heavy atom. The van der Waals surface area contributed by atoms with Gasteiger partial charge in [0, 0.05) is 35.9 Å². The third-order valence-corrected chi connectivity index (χ3v) is 4.22. The second-order valence-corrected chi connectivity index (χ2v) is 5.85. The van der Waals surface area contributed by atoms with Gasteiger partial charge in [0.15, 0.2) is 0 Å². The van der Waals surface area contributed by atoms with E-state index in [1.54, 1.807) is 18.3 Å². The van der Waals surface area contributed by atoms with E-state index in [4.69, 9.17) is 10.00 Å². The Morgan fingerprint density at radius 3 is 2.69 bits per heavy atom. The molecule has 0 spiro atoms. The van der Waals surface area contributed by atoms with Crippen LogP contribution in [0.2, 0.25) is 0 Å². The van der Waals surface area contributed by atoms with E-state index in [0.717, 1.165) is 41.8 Å². The van der Waals surface area contributed by atoms with Gasteiger partial charge in [-0.25, -0.2) is 15.0 Å². The second kappa shape index (κ2) is 7.89. The van der Waals surface area contributed by atoms with E-state index in [1.165, 1.54) is 11.9 Å². The number of pyridine rings is 2. The highest BCUT2D eigenvalue weighted by Crippen LogP contribution is 2.33. The Morgan fingerprint density at radius 2 is 1.96 bits per heavy atom. The minimum Gasteiger partial charge on any atom is -0.471 e. The number of ether oxygens (including phenoxy) is 1. The second-order valence-electron chi connectivity index (χ2n) is 5.85. The van der Waals surface area contributed by atoms with E-state index in [-0.39, 0.29) is 12.4 Å². The maximum Gasteiger partial charge on any atom is 0.214 e. The van der Waals surface area contributed by atoms with Crippen molar-refractivity contribution < 1.29 is 4.74 Å². The highest BCUT2D eigenvalue weighted by atomic mass is 35.5. The fraction of sp³-hybridized carbons (Fsp3) is 0.211. The first-order valence-corrected chi connectivity index (χ1v) is 8.09. The number of hydrogen-bond acceptors (Lipinski definition) is 6. The van der Waals surface area contributed by atoms with Crippen molar-refractivity contribution in [1.82, 2.24) is 19.9 Å². The molecule has 0 saturated carbocycles. The van der Waals surface area contributed by atoms with Gasteiger partial charge >= 0.3 is 0 Å². The van der Waals surface area contributed by atoms with Gasteiger partial charge < -0.3 is 4.74 Å². The summed E-state index contributed by atoms with van der Waals surface area (Å²) in [5, 5.41) is 8.82. The Bertz CT molecular complexity index is 939. The van der Waals surface area contributed by atoms with Gasteiger partial charge in [0.1, 0.15) is 19.0 Å². The van der Waals surface area contributed by atoms with Crippen molar-refractivity contribution in [3.63, 3.8) is 0 Å². The number of nitrogens with zero attached hydrogens (tertiary/aromatic N) is 5. The quantitative estimate of drug-likeness (QED) is 0.705. The van der Waals surface area contributed by atoms with E-state index < -0.39 is 0 Å². The first kappa shape index (κ1) is 17.8. The van der Waals surface area contributed by atoms with Crippen LogP contribution in [0, 0.1) is 11.3 Å². The lowest BCUT2D eigenvalue weighted by Crippen LogP contribution is -2.02. The van der Waals surface area contributed by atoms with Gasteiger partial charge in [0.2, 0.25) is 5.88 Å². The van der Waals surface area contributed by atoms with Crippen LogP contribution < -0.4 is 4.74 Å². The van der Waals surface area contributed by atoms with Crippen molar-refractivity contribution in [3.8, 4) is 23.1 Å². The molecule has 0 N–H and O–H groups in total. The van der Waals surface area contributed by atoms with E-state index in [1.807, 2.05) is 18.5 Å². The molecule has 0 fully saturated rings. The van der Waals surface area contributed by atoms with E-state index in [0.29, 0.717) is 18.1 Å². The summed E-state index contributed by atoms with van der Waals surface area (Å²) in [5.41, 5.74) is 5.70. The van der Waals surface area contributed by atoms with E-state index in [9.17, 15) is 0 Å². The Balaban J connectivity index is 0.00000196. The predicted molar refractivity (Wildman–Crippen MR) is 97.8 cm³/mol. The molecule has 3 aromatic rings. The zero-order chi connectivity index (χ0) is 17.1. The van der Waals surface area contributed by atoms with E-state index >= 15 is 0 Å². The Kier molecular flexibility index (Phi) is 5.40. The van der Waals surface area contributed by atoms with Gasteiger partial charge in [0.05, 0.1) is 11.3 Å².